The van der Waals surface area contributed by atoms with Crippen molar-refractivity contribution in [3.05, 3.63) is 64.8 Å². The predicted molar refractivity (Wildman–Crippen MR) is 128 cm³/mol. The molecule has 1 aromatic heterocycles. The molecule has 2 N–H and O–H groups in total. The lowest BCUT2D eigenvalue weighted by Crippen LogP contribution is -2.37. The zero-order valence-electron chi connectivity index (χ0n) is 19.4. The summed E-state index contributed by atoms with van der Waals surface area (Å²) >= 11 is 0. The van der Waals surface area contributed by atoms with Crippen molar-refractivity contribution in [2.75, 3.05) is 39.5 Å². The molecule has 33 heavy (non-hydrogen) atoms. The molecule has 0 saturated carbocycles. The van der Waals surface area contributed by atoms with Crippen LogP contribution in [-0.2, 0) is 24.3 Å². The molecule has 172 valence electrons. The Bertz CT molecular complexity index is 1170. The molecule has 0 spiro atoms. The van der Waals surface area contributed by atoms with Gasteiger partial charge in [-0.1, -0.05) is 30.3 Å². The van der Waals surface area contributed by atoms with E-state index in [-0.39, 0.29) is 29.9 Å². The average molecular weight is 447 g/mol. The largest absolute Gasteiger partial charge is 0.368 e. The van der Waals surface area contributed by atoms with Crippen LogP contribution in [-0.4, -0.2) is 70.2 Å². The number of carbonyl (C=O) groups excluding carboxylic acids is 2. The highest BCUT2D eigenvalue weighted by Crippen LogP contribution is 2.26. The fraction of sp³-hybridized carbons (Fsp3) is 0.360. The minimum absolute atomic E-state index is 0.0536. The topological polar surface area (TPSA) is 95.7 Å². The quantitative estimate of drug-likeness (QED) is 0.598. The van der Waals surface area contributed by atoms with Crippen molar-refractivity contribution in [2.24, 2.45) is 0 Å². The Labute approximate surface area is 194 Å². The Balaban J connectivity index is 1.60. The third-order valence-corrected chi connectivity index (χ3v) is 6.01. The highest BCUT2D eigenvalue weighted by atomic mass is 16.2. The number of aromatic nitrogens is 2. The summed E-state index contributed by atoms with van der Waals surface area (Å²) in [6.45, 7) is 5.19. The van der Waals surface area contributed by atoms with E-state index in [0.29, 0.717) is 37.1 Å². The molecule has 4 rings (SSSR count). The second-order valence-corrected chi connectivity index (χ2v) is 8.67. The normalized spacial score (nSPS) is 12.9. The number of anilines is 1. The second kappa shape index (κ2) is 9.54. The van der Waals surface area contributed by atoms with Gasteiger partial charge in [0, 0.05) is 38.1 Å². The molecule has 0 unspecified atom stereocenters. The van der Waals surface area contributed by atoms with Gasteiger partial charge in [-0.15, -0.1) is 0 Å². The first kappa shape index (κ1) is 22.7. The Morgan fingerprint density at radius 1 is 1.03 bits per heavy atom. The number of amides is 2. The van der Waals surface area contributed by atoms with Gasteiger partial charge in [0.15, 0.2) is 0 Å². The Kier molecular flexibility index (Phi) is 6.55. The van der Waals surface area contributed by atoms with Crippen molar-refractivity contribution < 1.29 is 9.59 Å². The number of hydrogen-bond donors (Lipinski definition) is 1. The first-order valence-corrected chi connectivity index (χ1v) is 11.2. The Hall–Kier alpha value is -3.52. The van der Waals surface area contributed by atoms with E-state index in [1.807, 2.05) is 68.4 Å². The molecule has 2 heterocycles. The number of likely N-dealkylation sites (N-methyl/N-ethyl adjacent to an activating group) is 2. The Morgan fingerprint density at radius 3 is 2.36 bits per heavy atom. The van der Waals surface area contributed by atoms with Gasteiger partial charge in [0.05, 0.1) is 11.9 Å². The molecule has 0 fully saturated rings. The van der Waals surface area contributed by atoms with Gasteiger partial charge >= 0.3 is 0 Å². The number of rotatable bonds is 7. The number of hydrogen-bond acceptors (Lipinski definition) is 6. The molecule has 2 amide bonds. The van der Waals surface area contributed by atoms with E-state index >= 15 is 0 Å². The van der Waals surface area contributed by atoms with E-state index in [1.54, 1.807) is 4.90 Å². The molecule has 2 aromatic carbocycles. The van der Waals surface area contributed by atoms with Crippen LogP contribution in [0.4, 0.5) is 5.95 Å². The molecule has 8 heteroatoms. The second-order valence-electron chi connectivity index (χ2n) is 8.67. The highest BCUT2D eigenvalue weighted by Gasteiger charge is 2.27. The van der Waals surface area contributed by atoms with Crippen molar-refractivity contribution in [1.29, 1.82) is 0 Å². The van der Waals surface area contributed by atoms with Gasteiger partial charge in [0.2, 0.25) is 11.9 Å². The van der Waals surface area contributed by atoms with E-state index in [4.69, 9.17) is 5.73 Å². The lowest BCUT2D eigenvalue weighted by Gasteiger charge is -2.23. The van der Waals surface area contributed by atoms with Crippen LogP contribution in [0, 0.1) is 0 Å². The summed E-state index contributed by atoms with van der Waals surface area (Å²) in [4.78, 5) is 40.6. The lowest BCUT2D eigenvalue weighted by molar-refractivity contribution is -0.130. The van der Waals surface area contributed by atoms with E-state index in [2.05, 4.69) is 14.9 Å². The molecule has 1 aliphatic rings. The number of nitrogens with two attached hydrogens (primary N) is 1. The zero-order chi connectivity index (χ0) is 23.5. The summed E-state index contributed by atoms with van der Waals surface area (Å²) < 4.78 is 0. The summed E-state index contributed by atoms with van der Waals surface area (Å²) in [7, 11) is 3.98. The molecule has 8 nitrogen and oxygen atoms in total. The zero-order valence-corrected chi connectivity index (χ0v) is 19.4. The molecule has 0 atom stereocenters. The molecular weight excluding hydrogens is 416 g/mol. The van der Waals surface area contributed by atoms with Crippen molar-refractivity contribution in [3.63, 3.8) is 0 Å². The van der Waals surface area contributed by atoms with Gasteiger partial charge in [-0.25, -0.2) is 9.97 Å². The van der Waals surface area contributed by atoms with E-state index < -0.39 is 0 Å². The van der Waals surface area contributed by atoms with E-state index in [9.17, 15) is 9.59 Å². The smallest absolute Gasteiger partial charge is 0.273 e. The van der Waals surface area contributed by atoms with E-state index in [1.165, 1.54) is 0 Å². The van der Waals surface area contributed by atoms with Gasteiger partial charge in [-0.05, 0) is 49.8 Å². The molecule has 0 saturated heterocycles. The lowest BCUT2D eigenvalue weighted by atomic mass is 10.1. The maximum Gasteiger partial charge on any atom is 0.273 e. The summed E-state index contributed by atoms with van der Waals surface area (Å²) in [6.07, 6.45) is 0.254. The van der Waals surface area contributed by atoms with Crippen molar-refractivity contribution in [1.82, 2.24) is 24.7 Å². The fourth-order valence-corrected chi connectivity index (χ4v) is 4.16. The maximum atomic E-state index is 13.4. The number of carbonyl (C=O) groups is 2. The molecule has 0 bridgehead atoms. The third kappa shape index (κ3) is 4.96. The highest BCUT2D eigenvalue weighted by molar-refractivity contribution is 6.05. The molecular formula is C25H30N6O2. The van der Waals surface area contributed by atoms with Crippen molar-refractivity contribution in [2.45, 2.75) is 26.4 Å². The van der Waals surface area contributed by atoms with E-state index in [0.717, 1.165) is 23.2 Å². The van der Waals surface area contributed by atoms with Crippen LogP contribution in [0.1, 0.15) is 34.1 Å². The molecule has 3 aromatic rings. The van der Waals surface area contributed by atoms with Gasteiger partial charge in [-0.2, -0.15) is 0 Å². The van der Waals surface area contributed by atoms with Gasteiger partial charge in [0.1, 0.15) is 5.69 Å². The van der Waals surface area contributed by atoms with Crippen LogP contribution in [0.3, 0.4) is 0 Å². The van der Waals surface area contributed by atoms with Gasteiger partial charge in [-0.3, -0.25) is 9.59 Å². The molecule has 0 radical (unpaired) electrons. The monoisotopic (exact) mass is 446 g/mol. The van der Waals surface area contributed by atoms with Gasteiger partial charge < -0.3 is 20.4 Å². The molecule has 1 aliphatic heterocycles. The summed E-state index contributed by atoms with van der Waals surface area (Å²) in [6, 6.07) is 13.6. The fourth-order valence-electron chi connectivity index (χ4n) is 4.16. The summed E-state index contributed by atoms with van der Waals surface area (Å²) in [5, 5.41) is 0.617. The number of benzene rings is 2. The van der Waals surface area contributed by atoms with Crippen LogP contribution < -0.4 is 5.73 Å². The number of nitrogen functional groups attached to an aromatic ring is 1. The first-order chi connectivity index (χ1) is 15.9. The minimum atomic E-state index is -0.185. The van der Waals surface area contributed by atoms with Gasteiger partial charge in [0.25, 0.3) is 5.91 Å². The van der Waals surface area contributed by atoms with Crippen LogP contribution in [0.15, 0.2) is 42.5 Å². The van der Waals surface area contributed by atoms with Crippen LogP contribution >= 0.6 is 0 Å². The molecule has 0 aliphatic carbocycles. The standard InChI is InChI=1S/C25H30N6O2/c1-4-30(12-11-29(2)3)22(32)14-17-9-10-21-20(13-17)23(28-25(26)27-21)24(33)31-15-18-7-5-6-8-19(18)16-31/h5-10,13H,4,11-12,14-16H2,1-3H3,(H2,26,27,28). The van der Waals surface area contributed by atoms with Crippen LogP contribution in [0.2, 0.25) is 0 Å². The van der Waals surface area contributed by atoms with Crippen LogP contribution in [0.25, 0.3) is 10.9 Å². The average Bonchev–Trinajstić information content (AvgIpc) is 3.23. The maximum absolute atomic E-state index is 13.4. The first-order valence-electron chi connectivity index (χ1n) is 11.2. The minimum Gasteiger partial charge on any atom is -0.368 e. The summed E-state index contributed by atoms with van der Waals surface area (Å²) in [5.41, 5.74) is 9.90. The van der Waals surface area contributed by atoms with Crippen molar-refractivity contribution >= 4 is 28.7 Å². The van der Waals surface area contributed by atoms with Crippen molar-refractivity contribution in [3.8, 4) is 0 Å². The third-order valence-electron chi connectivity index (χ3n) is 6.01. The van der Waals surface area contributed by atoms with Crippen LogP contribution in [0.5, 0.6) is 0 Å². The number of nitrogens with zero attached hydrogens (tertiary/aromatic N) is 5. The Morgan fingerprint density at radius 2 is 1.73 bits per heavy atom. The number of fused-ring (bicyclic) bond motifs is 2. The summed E-state index contributed by atoms with van der Waals surface area (Å²) in [5.74, 6) is -0.0693. The predicted octanol–water partition coefficient (Wildman–Crippen LogP) is 2.32. The SMILES string of the molecule is CCN(CCN(C)C)C(=O)Cc1ccc2nc(N)nc(C(=O)N3Cc4ccccc4C3)c2c1.